The first-order chi connectivity index (χ1) is 7.49. The Morgan fingerprint density at radius 3 is 1.82 bits per heavy atom. The number of hydrogen-bond donors (Lipinski definition) is 0. The molecule has 10 heteroatoms. The summed E-state index contributed by atoms with van der Waals surface area (Å²) in [5, 5.41) is 0.280. The summed E-state index contributed by atoms with van der Waals surface area (Å²) in [7, 11) is 1.33. The van der Waals surface area contributed by atoms with Gasteiger partial charge in [0.15, 0.2) is 5.75 Å². The van der Waals surface area contributed by atoms with Gasteiger partial charge >= 0.3 is 18.4 Å². The van der Waals surface area contributed by atoms with Crippen LogP contribution in [0, 0.1) is 0 Å². The molecule has 5 nitrogen and oxygen atoms in total. The van der Waals surface area contributed by atoms with Gasteiger partial charge in [-0.15, -0.1) is 0 Å². The van der Waals surface area contributed by atoms with E-state index in [0.717, 1.165) is 6.26 Å². The molecule has 0 amide bonds. The Kier molecular flexibility index (Phi) is 6.57. The normalized spacial score (nSPS) is 11.3. The zero-order valence-electron chi connectivity index (χ0n) is 8.30. The Labute approximate surface area is 113 Å². The molecular formula is C7H7Cl3O5S2. The first-order valence-electron chi connectivity index (χ1n) is 3.77. The van der Waals surface area contributed by atoms with E-state index in [1.54, 1.807) is 18.2 Å². The molecule has 0 atom stereocenters. The van der Waals surface area contributed by atoms with Gasteiger partial charge < -0.3 is 4.18 Å². The Balaban J connectivity index is 0.000000437. The van der Waals surface area contributed by atoms with Gasteiger partial charge in [0, 0.05) is 21.4 Å². The molecule has 0 aliphatic rings. The van der Waals surface area contributed by atoms with Crippen LogP contribution in [0.4, 0.5) is 0 Å². The summed E-state index contributed by atoms with van der Waals surface area (Å²) >= 11 is 5.64. The van der Waals surface area contributed by atoms with Crippen molar-refractivity contribution in [2.24, 2.45) is 0 Å². The maximum Gasteiger partial charge on any atom is 0.317 e. The Bertz CT molecular complexity index is 559. The number of rotatable bonds is 2. The molecule has 0 aliphatic carbocycles. The van der Waals surface area contributed by atoms with E-state index in [1.165, 1.54) is 6.07 Å². The molecule has 0 saturated heterocycles. The molecule has 17 heavy (non-hydrogen) atoms. The van der Waals surface area contributed by atoms with Crippen LogP contribution in [0.5, 0.6) is 5.75 Å². The molecule has 0 unspecified atom stereocenters. The predicted molar refractivity (Wildman–Crippen MR) is 67.5 cm³/mol. The summed E-state index contributed by atoms with van der Waals surface area (Å²) in [5.74, 6) is 0.154. The minimum absolute atomic E-state index is 0.154. The standard InChI is InChI=1S/C7H7ClO3S.Cl2O2S/c1-12(9,10)11-7-5-3-2-4-6(7)8;1-5(2,3)4/h2-5H,1H3;. The van der Waals surface area contributed by atoms with E-state index < -0.39 is 18.4 Å². The van der Waals surface area contributed by atoms with E-state index in [0.29, 0.717) is 0 Å². The number of halogens is 3. The smallest absolute Gasteiger partial charge is 0.317 e. The third-order valence-corrected chi connectivity index (χ3v) is 1.87. The molecule has 0 aliphatic heterocycles. The molecule has 0 radical (unpaired) electrons. The second-order valence-corrected chi connectivity index (χ2v) is 8.25. The summed E-state index contributed by atoms with van der Waals surface area (Å²) in [6.45, 7) is 0. The van der Waals surface area contributed by atoms with Gasteiger partial charge in [-0.2, -0.15) is 16.8 Å². The molecule has 0 heterocycles. The van der Waals surface area contributed by atoms with Crippen molar-refractivity contribution in [3.63, 3.8) is 0 Å². The van der Waals surface area contributed by atoms with Crippen molar-refractivity contribution >= 4 is 51.3 Å². The van der Waals surface area contributed by atoms with Gasteiger partial charge in [-0.1, -0.05) is 23.7 Å². The second-order valence-electron chi connectivity index (χ2n) is 2.60. The first-order valence-corrected chi connectivity index (χ1v) is 9.10. The third-order valence-electron chi connectivity index (χ3n) is 1.08. The summed E-state index contributed by atoms with van der Waals surface area (Å²) in [6, 6.07) is 6.38. The summed E-state index contributed by atoms with van der Waals surface area (Å²) in [5.41, 5.74) is 0. The number of benzene rings is 1. The molecule has 1 aromatic rings. The first kappa shape index (κ1) is 16.8. The van der Waals surface area contributed by atoms with Crippen LogP contribution in [0.3, 0.4) is 0 Å². The van der Waals surface area contributed by atoms with Crippen molar-refractivity contribution in [2.75, 3.05) is 6.26 Å². The van der Waals surface area contributed by atoms with Crippen molar-refractivity contribution in [2.45, 2.75) is 0 Å². The average Bonchev–Trinajstić information content (AvgIpc) is 2.03. The Hall–Kier alpha value is -0.210. The summed E-state index contributed by atoms with van der Waals surface area (Å²) in [6.07, 6.45) is 0.969. The average molecular weight is 342 g/mol. The molecular weight excluding hydrogens is 335 g/mol. The largest absolute Gasteiger partial charge is 0.381 e. The highest BCUT2D eigenvalue weighted by Crippen LogP contribution is 2.23. The monoisotopic (exact) mass is 340 g/mol. The van der Waals surface area contributed by atoms with Gasteiger partial charge in [-0.05, 0) is 12.1 Å². The van der Waals surface area contributed by atoms with Gasteiger partial charge in [0.05, 0.1) is 11.3 Å². The van der Waals surface area contributed by atoms with Crippen LogP contribution in [0.25, 0.3) is 0 Å². The van der Waals surface area contributed by atoms with Gasteiger partial charge in [0.2, 0.25) is 0 Å². The maximum atomic E-state index is 10.7. The number of hydrogen-bond acceptors (Lipinski definition) is 5. The van der Waals surface area contributed by atoms with Crippen molar-refractivity contribution < 1.29 is 21.0 Å². The molecule has 1 aromatic carbocycles. The topological polar surface area (TPSA) is 77.5 Å². The molecule has 0 fully saturated rings. The van der Waals surface area contributed by atoms with Gasteiger partial charge in [0.25, 0.3) is 0 Å². The van der Waals surface area contributed by atoms with Gasteiger partial charge in [-0.25, -0.2) is 0 Å². The molecule has 98 valence electrons. The fraction of sp³-hybridized carbons (Fsp3) is 0.143. The second kappa shape index (κ2) is 6.65. The minimum atomic E-state index is -3.72. The van der Waals surface area contributed by atoms with Crippen LogP contribution < -0.4 is 4.18 Å². The van der Waals surface area contributed by atoms with Gasteiger partial charge in [-0.3, -0.25) is 0 Å². The van der Waals surface area contributed by atoms with Crippen LogP contribution in [0.15, 0.2) is 24.3 Å². The van der Waals surface area contributed by atoms with E-state index in [1.807, 2.05) is 0 Å². The molecule has 1 rings (SSSR count). The lowest BCUT2D eigenvalue weighted by atomic mass is 10.3. The van der Waals surface area contributed by atoms with E-state index in [4.69, 9.17) is 20.0 Å². The van der Waals surface area contributed by atoms with Crippen molar-refractivity contribution in [1.82, 2.24) is 0 Å². The highest BCUT2D eigenvalue weighted by atomic mass is 36.0. The third kappa shape index (κ3) is 12.0. The highest BCUT2D eigenvalue weighted by Gasteiger charge is 2.06. The molecule has 0 aromatic heterocycles. The lowest BCUT2D eigenvalue weighted by molar-refractivity contribution is 0.493. The van der Waals surface area contributed by atoms with Crippen molar-refractivity contribution in [1.29, 1.82) is 0 Å². The Morgan fingerprint density at radius 1 is 1.06 bits per heavy atom. The van der Waals surface area contributed by atoms with Crippen LogP contribution in [0.1, 0.15) is 0 Å². The molecule has 0 spiro atoms. The van der Waals surface area contributed by atoms with Crippen LogP contribution >= 0.6 is 33.0 Å². The highest BCUT2D eigenvalue weighted by molar-refractivity contribution is 8.31. The zero-order chi connectivity index (χ0) is 13.7. The lowest BCUT2D eigenvalue weighted by Crippen LogP contribution is -2.05. The van der Waals surface area contributed by atoms with E-state index in [9.17, 15) is 8.42 Å². The Morgan fingerprint density at radius 2 is 1.47 bits per heavy atom. The van der Waals surface area contributed by atoms with Crippen LogP contribution in [0.2, 0.25) is 5.02 Å². The van der Waals surface area contributed by atoms with Gasteiger partial charge in [0.1, 0.15) is 0 Å². The summed E-state index contributed by atoms with van der Waals surface area (Å²) in [4.78, 5) is 0. The van der Waals surface area contributed by atoms with E-state index in [2.05, 4.69) is 25.5 Å². The molecule has 0 bridgehead atoms. The predicted octanol–water partition coefficient (Wildman–Crippen LogP) is 2.39. The van der Waals surface area contributed by atoms with Crippen molar-refractivity contribution in [3.8, 4) is 5.75 Å². The van der Waals surface area contributed by atoms with Crippen molar-refractivity contribution in [3.05, 3.63) is 29.3 Å². The fourth-order valence-corrected chi connectivity index (χ4v) is 1.37. The van der Waals surface area contributed by atoms with Crippen LogP contribution in [-0.4, -0.2) is 23.1 Å². The lowest BCUT2D eigenvalue weighted by Gasteiger charge is -2.03. The maximum absolute atomic E-state index is 10.7. The summed E-state index contributed by atoms with van der Waals surface area (Å²) < 4.78 is 44.2. The number of para-hydroxylation sites is 1. The minimum Gasteiger partial charge on any atom is -0.381 e. The van der Waals surface area contributed by atoms with E-state index in [-0.39, 0.29) is 10.8 Å². The molecule has 0 N–H and O–H groups in total. The quantitative estimate of drug-likeness (QED) is 0.609. The molecule has 0 saturated carbocycles. The fourth-order valence-electron chi connectivity index (χ4n) is 0.675. The van der Waals surface area contributed by atoms with Crippen LogP contribution in [-0.2, 0) is 18.4 Å². The SMILES string of the molecule is CS(=O)(=O)Oc1ccccc1Cl.O=S(=O)(Cl)Cl. The zero-order valence-corrected chi connectivity index (χ0v) is 12.2. The van der Waals surface area contributed by atoms with E-state index >= 15 is 0 Å².